The Bertz CT molecular complexity index is 805. The lowest BCUT2D eigenvalue weighted by Gasteiger charge is -2.25. The Morgan fingerprint density at radius 2 is 1.62 bits per heavy atom. The third kappa shape index (κ3) is 3.42. The molecule has 0 aliphatic heterocycles. The van der Waals surface area contributed by atoms with Crippen molar-refractivity contribution < 1.29 is 26.3 Å². The molecule has 0 aromatic heterocycles. The molecule has 130 valence electrons. The van der Waals surface area contributed by atoms with Crippen molar-refractivity contribution in [1.82, 2.24) is 0 Å². The monoisotopic (exact) mass is 346 g/mol. The van der Waals surface area contributed by atoms with Gasteiger partial charge in [0.1, 0.15) is 0 Å². The number of alkyl halides is 6. The summed E-state index contributed by atoms with van der Waals surface area (Å²) in [5, 5.41) is 0.571. The van der Waals surface area contributed by atoms with E-state index >= 15 is 0 Å². The maximum atomic E-state index is 13.1. The van der Waals surface area contributed by atoms with E-state index in [9.17, 15) is 26.3 Å². The second kappa shape index (κ2) is 6.15. The predicted molar refractivity (Wildman–Crippen MR) is 81.3 cm³/mol. The average Bonchev–Trinajstić information content (AvgIpc) is 2.45. The van der Waals surface area contributed by atoms with E-state index in [2.05, 4.69) is 6.58 Å². The minimum Gasteiger partial charge on any atom is -0.166 e. The molecule has 0 spiro atoms. The molecular formula is C18H16F6. The number of rotatable bonds is 1. The summed E-state index contributed by atoms with van der Waals surface area (Å²) in [5.74, 6) is -0.547. The predicted octanol–water partition coefficient (Wildman–Crippen LogP) is 4.74. The molecule has 1 aromatic carbocycles. The molecule has 0 bridgehead atoms. The zero-order valence-electron chi connectivity index (χ0n) is 13.1. The molecule has 1 aliphatic carbocycles. The third-order valence-electron chi connectivity index (χ3n) is 4.19. The standard InChI is InChI=1S/C18H16F6/c1-4-13-11(3)15(7-8-16(13)18(22,23)24)14-6-5-12(9-10(14)2)17(19,20)21/h5-9,11H,2,4H2,1,3H3/b15-14-. The van der Waals surface area contributed by atoms with Crippen LogP contribution >= 0.6 is 0 Å². The fraction of sp³-hybridized carbons (Fsp3) is 0.333. The third-order valence-corrected chi connectivity index (χ3v) is 4.19. The first kappa shape index (κ1) is 18.4. The minimum absolute atomic E-state index is 0.141. The molecule has 0 heterocycles. The molecule has 0 nitrogen and oxygen atoms in total. The molecule has 1 unspecified atom stereocenters. The van der Waals surface area contributed by atoms with E-state index in [1.54, 1.807) is 13.8 Å². The lowest BCUT2D eigenvalue weighted by Crippen LogP contribution is -2.31. The summed E-state index contributed by atoms with van der Waals surface area (Å²) in [5.41, 5.74) is -0.747. The van der Waals surface area contributed by atoms with Crippen LogP contribution in [0.15, 0.2) is 41.5 Å². The summed E-state index contributed by atoms with van der Waals surface area (Å²) in [6.07, 6.45) is -6.41. The van der Waals surface area contributed by atoms with E-state index in [4.69, 9.17) is 0 Å². The van der Waals surface area contributed by atoms with Gasteiger partial charge < -0.3 is 0 Å². The highest BCUT2D eigenvalue weighted by Crippen LogP contribution is 2.39. The van der Waals surface area contributed by atoms with Gasteiger partial charge in [-0.15, -0.1) is 0 Å². The molecule has 1 aliphatic rings. The highest BCUT2D eigenvalue weighted by atomic mass is 19.4. The fourth-order valence-corrected chi connectivity index (χ4v) is 2.99. The van der Waals surface area contributed by atoms with Crippen LogP contribution in [0.1, 0.15) is 25.8 Å². The molecule has 0 saturated heterocycles. The lowest BCUT2D eigenvalue weighted by atomic mass is 9.81. The van der Waals surface area contributed by atoms with Crippen molar-refractivity contribution >= 4 is 12.2 Å². The number of halogens is 6. The molecule has 1 aromatic rings. The molecule has 2 rings (SSSR count). The van der Waals surface area contributed by atoms with Gasteiger partial charge in [-0.3, -0.25) is 0 Å². The second-order valence-electron chi connectivity index (χ2n) is 5.67. The Kier molecular flexibility index (Phi) is 4.70. The molecule has 0 amide bonds. The molecule has 0 fully saturated rings. The summed E-state index contributed by atoms with van der Waals surface area (Å²) in [6, 6.07) is 3.11. The fourth-order valence-electron chi connectivity index (χ4n) is 2.99. The second-order valence-corrected chi connectivity index (χ2v) is 5.67. The van der Waals surface area contributed by atoms with Crippen molar-refractivity contribution in [3.63, 3.8) is 0 Å². The van der Waals surface area contributed by atoms with E-state index in [0.717, 1.165) is 18.2 Å². The van der Waals surface area contributed by atoms with Crippen LogP contribution in [0.25, 0.3) is 12.2 Å². The summed E-state index contributed by atoms with van der Waals surface area (Å²) in [4.78, 5) is 0. The first-order valence-electron chi connectivity index (χ1n) is 7.35. The van der Waals surface area contributed by atoms with E-state index in [1.165, 1.54) is 12.1 Å². The van der Waals surface area contributed by atoms with Crippen LogP contribution in [0, 0.1) is 5.92 Å². The van der Waals surface area contributed by atoms with Crippen molar-refractivity contribution in [2.24, 2.45) is 5.92 Å². The zero-order valence-corrected chi connectivity index (χ0v) is 13.1. The molecular weight excluding hydrogens is 330 g/mol. The van der Waals surface area contributed by atoms with Crippen molar-refractivity contribution in [3.8, 4) is 0 Å². The SMILES string of the molecule is C=c1cc(C(F)(F)F)cc/c1=C1\C=CC(C(F)(F)F)=C(CC)C1C. The molecule has 0 radical (unpaired) electrons. The van der Waals surface area contributed by atoms with Gasteiger partial charge in [-0.25, -0.2) is 0 Å². The largest absolute Gasteiger partial charge is 0.416 e. The normalized spacial score (nSPS) is 21.4. The Morgan fingerprint density at radius 3 is 2.08 bits per heavy atom. The van der Waals surface area contributed by atoms with Crippen molar-refractivity contribution in [2.75, 3.05) is 0 Å². The van der Waals surface area contributed by atoms with Gasteiger partial charge >= 0.3 is 12.4 Å². The van der Waals surface area contributed by atoms with E-state index in [1.807, 2.05) is 0 Å². The minimum atomic E-state index is -4.48. The van der Waals surface area contributed by atoms with Crippen LogP contribution < -0.4 is 10.4 Å². The first-order chi connectivity index (χ1) is 11.0. The van der Waals surface area contributed by atoms with Gasteiger partial charge in [0, 0.05) is 5.92 Å². The summed E-state index contributed by atoms with van der Waals surface area (Å²) in [6.45, 7) is 6.89. The van der Waals surface area contributed by atoms with Gasteiger partial charge in [-0.05, 0) is 40.6 Å². The molecule has 0 saturated carbocycles. The lowest BCUT2D eigenvalue weighted by molar-refractivity contribution is -0.137. The quantitative estimate of drug-likeness (QED) is 0.644. The van der Waals surface area contributed by atoms with Gasteiger partial charge in [-0.1, -0.05) is 38.1 Å². The van der Waals surface area contributed by atoms with Crippen LogP contribution in [0.4, 0.5) is 26.3 Å². The van der Waals surface area contributed by atoms with Gasteiger partial charge in [-0.2, -0.15) is 26.3 Å². The van der Waals surface area contributed by atoms with Crippen LogP contribution in [0.2, 0.25) is 0 Å². The smallest absolute Gasteiger partial charge is 0.166 e. The number of benzene rings is 1. The number of allylic oxidation sites excluding steroid dienone is 4. The first-order valence-corrected chi connectivity index (χ1v) is 7.35. The Balaban J connectivity index is 2.64. The summed E-state index contributed by atoms with van der Waals surface area (Å²) >= 11 is 0. The van der Waals surface area contributed by atoms with Gasteiger partial charge in [0.15, 0.2) is 0 Å². The zero-order chi connectivity index (χ0) is 18.3. The maximum absolute atomic E-state index is 13.1. The van der Waals surface area contributed by atoms with Gasteiger partial charge in [0.2, 0.25) is 0 Å². The summed E-state index contributed by atoms with van der Waals surface area (Å²) < 4.78 is 77.5. The highest BCUT2D eigenvalue weighted by molar-refractivity contribution is 5.67. The average molecular weight is 346 g/mol. The molecule has 0 N–H and O–H groups in total. The Hall–Kier alpha value is -1.98. The van der Waals surface area contributed by atoms with Gasteiger partial charge in [0.25, 0.3) is 0 Å². The van der Waals surface area contributed by atoms with Crippen LogP contribution in [-0.4, -0.2) is 6.18 Å². The molecule has 1 atom stereocenters. The highest BCUT2D eigenvalue weighted by Gasteiger charge is 2.37. The van der Waals surface area contributed by atoms with Crippen LogP contribution in [-0.2, 0) is 6.18 Å². The van der Waals surface area contributed by atoms with E-state index in [0.29, 0.717) is 10.8 Å². The number of hydrogen-bond acceptors (Lipinski definition) is 0. The summed E-state index contributed by atoms with van der Waals surface area (Å²) in [7, 11) is 0. The topological polar surface area (TPSA) is 0 Å². The Labute approximate surface area is 135 Å². The van der Waals surface area contributed by atoms with E-state index in [-0.39, 0.29) is 17.2 Å². The molecule has 24 heavy (non-hydrogen) atoms. The van der Waals surface area contributed by atoms with E-state index < -0.39 is 29.4 Å². The van der Waals surface area contributed by atoms with Gasteiger partial charge in [0.05, 0.1) is 11.1 Å². The van der Waals surface area contributed by atoms with Crippen molar-refractivity contribution in [1.29, 1.82) is 0 Å². The number of hydrogen-bond donors (Lipinski definition) is 0. The van der Waals surface area contributed by atoms with Crippen molar-refractivity contribution in [2.45, 2.75) is 32.6 Å². The van der Waals surface area contributed by atoms with Crippen molar-refractivity contribution in [3.05, 3.63) is 57.5 Å². The maximum Gasteiger partial charge on any atom is 0.416 e. The van der Waals surface area contributed by atoms with Crippen LogP contribution in [0.5, 0.6) is 0 Å². The molecule has 6 heteroatoms. The van der Waals surface area contributed by atoms with Crippen LogP contribution in [0.3, 0.4) is 0 Å². The Morgan fingerprint density at radius 1 is 1.00 bits per heavy atom.